The Bertz CT molecular complexity index is 865. The SMILES string of the molecule is COCCCNC(=O)CN1CCN(C(=O)CCc2ncc(-c3ccccc3Cl)o2)CC1. The van der Waals surface area contributed by atoms with Crippen LogP contribution in [0.2, 0.25) is 5.02 Å². The summed E-state index contributed by atoms with van der Waals surface area (Å²) in [6.45, 7) is 4.22. The summed E-state index contributed by atoms with van der Waals surface area (Å²) in [6.07, 6.45) is 3.21. The molecule has 2 amide bonds. The van der Waals surface area contributed by atoms with Crippen LogP contribution < -0.4 is 5.32 Å². The van der Waals surface area contributed by atoms with Crippen molar-refractivity contribution in [1.29, 1.82) is 0 Å². The van der Waals surface area contributed by atoms with E-state index in [0.29, 0.717) is 75.4 Å². The first-order valence-electron chi connectivity index (χ1n) is 10.5. The number of nitrogens with one attached hydrogen (secondary N) is 1. The summed E-state index contributed by atoms with van der Waals surface area (Å²) in [5, 5.41) is 3.49. The third-order valence-electron chi connectivity index (χ3n) is 5.19. The number of ether oxygens (including phenoxy) is 1. The Morgan fingerprint density at radius 2 is 2.00 bits per heavy atom. The van der Waals surface area contributed by atoms with E-state index in [1.165, 1.54) is 0 Å². The number of methoxy groups -OCH3 is 1. The van der Waals surface area contributed by atoms with E-state index in [-0.39, 0.29) is 11.8 Å². The molecule has 31 heavy (non-hydrogen) atoms. The molecule has 0 radical (unpaired) electrons. The zero-order chi connectivity index (χ0) is 22.1. The highest BCUT2D eigenvalue weighted by Crippen LogP contribution is 2.28. The molecule has 1 aromatic heterocycles. The number of carbonyl (C=O) groups excluding carboxylic acids is 2. The van der Waals surface area contributed by atoms with E-state index in [0.717, 1.165) is 12.0 Å². The minimum atomic E-state index is 0.00842. The average Bonchev–Trinajstić information content (AvgIpc) is 3.25. The summed E-state index contributed by atoms with van der Waals surface area (Å²) in [7, 11) is 1.64. The van der Waals surface area contributed by atoms with Gasteiger partial charge in [0.1, 0.15) is 0 Å². The number of benzene rings is 1. The molecule has 0 spiro atoms. The highest BCUT2D eigenvalue weighted by molar-refractivity contribution is 6.33. The molecular formula is C22H29ClN4O4. The molecule has 1 aromatic carbocycles. The molecule has 1 fully saturated rings. The lowest BCUT2D eigenvalue weighted by molar-refractivity contribution is -0.133. The molecule has 1 aliphatic rings. The maximum absolute atomic E-state index is 12.6. The zero-order valence-corrected chi connectivity index (χ0v) is 18.6. The number of hydrogen-bond donors (Lipinski definition) is 1. The smallest absolute Gasteiger partial charge is 0.234 e. The van der Waals surface area contributed by atoms with Gasteiger partial charge in [0.2, 0.25) is 11.8 Å². The van der Waals surface area contributed by atoms with E-state index in [2.05, 4.69) is 15.2 Å². The van der Waals surface area contributed by atoms with Gasteiger partial charge >= 0.3 is 0 Å². The first-order valence-corrected chi connectivity index (χ1v) is 10.9. The van der Waals surface area contributed by atoms with E-state index in [1.807, 2.05) is 23.1 Å². The molecule has 3 rings (SSSR count). The van der Waals surface area contributed by atoms with Crippen LogP contribution in [0.25, 0.3) is 11.3 Å². The fourth-order valence-corrected chi connectivity index (χ4v) is 3.67. The number of halogens is 1. The largest absolute Gasteiger partial charge is 0.441 e. The third kappa shape index (κ3) is 7.05. The van der Waals surface area contributed by atoms with Gasteiger partial charge in [-0.2, -0.15) is 0 Å². The van der Waals surface area contributed by atoms with E-state index >= 15 is 0 Å². The van der Waals surface area contributed by atoms with Crippen molar-refractivity contribution in [2.75, 3.05) is 53.0 Å². The Morgan fingerprint density at radius 3 is 2.74 bits per heavy atom. The molecule has 1 N–H and O–H groups in total. The summed E-state index contributed by atoms with van der Waals surface area (Å²) in [4.78, 5) is 32.7. The Labute approximate surface area is 187 Å². The summed E-state index contributed by atoms with van der Waals surface area (Å²) < 4.78 is 10.7. The van der Waals surface area contributed by atoms with Gasteiger partial charge in [-0.05, 0) is 18.6 Å². The molecule has 8 nitrogen and oxygen atoms in total. The lowest BCUT2D eigenvalue weighted by atomic mass is 10.2. The van der Waals surface area contributed by atoms with Crippen molar-refractivity contribution in [1.82, 2.24) is 20.1 Å². The molecule has 0 atom stereocenters. The molecule has 0 unspecified atom stereocenters. The molecule has 0 aliphatic carbocycles. The predicted octanol–water partition coefficient (Wildman–Crippen LogP) is 2.22. The number of aryl methyl sites for hydroxylation is 1. The van der Waals surface area contributed by atoms with Crippen molar-refractivity contribution >= 4 is 23.4 Å². The van der Waals surface area contributed by atoms with Crippen LogP contribution in [-0.2, 0) is 20.7 Å². The maximum atomic E-state index is 12.6. The van der Waals surface area contributed by atoms with Crippen LogP contribution in [0.5, 0.6) is 0 Å². The third-order valence-corrected chi connectivity index (χ3v) is 5.51. The van der Waals surface area contributed by atoms with Crippen LogP contribution in [-0.4, -0.2) is 79.6 Å². The number of piperazine rings is 1. The second kappa shape index (κ2) is 11.8. The molecule has 2 aromatic rings. The van der Waals surface area contributed by atoms with Gasteiger partial charge in [-0.25, -0.2) is 4.98 Å². The summed E-state index contributed by atoms with van der Waals surface area (Å²) >= 11 is 6.20. The van der Waals surface area contributed by atoms with Crippen molar-refractivity contribution in [3.63, 3.8) is 0 Å². The van der Waals surface area contributed by atoms with Crippen LogP contribution in [0.4, 0.5) is 0 Å². The van der Waals surface area contributed by atoms with Crippen molar-refractivity contribution in [2.24, 2.45) is 0 Å². The highest BCUT2D eigenvalue weighted by atomic mass is 35.5. The Kier molecular flexibility index (Phi) is 8.87. The lowest BCUT2D eigenvalue weighted by Crippen LogP contribution is -2.51. The molecule has 9 heteroatoms. The van der Waals surface area contributed by atoms with E-state index < -0.39 is 0 Å². The number of aromatic nitrogens is 1. The Hall–Kier alpha value is -2.42. The standard InChI is InChI=1S/C22H29ClN4O4/c1-30-14-4-9-24-20(28)16-26-10-12-27(13-11-26)22(29)8-7-21-25-15-19(31-21)17-5-2-3-6-18(17)23/h2-3,5-6,15H,4,7-14,16H2,1H3,(H,24,28). The predicted molar refractivity (Wildman–Crippen MR) is 118 cm³/mol. The van der Waals surface area contributed by atoms with Crippen molar-refractivity contribution in [2.45, 2.75) is 19.3 Å². The minimum absolute atomic E-state index is 0.00842. The number of rotatable bonds is 10. The monoisotopic (exact) mass is 448 g/mol. The van der Waals surface area contributed by atoms with Crippen LogP contribution in [0, 0.1) is 0 Å². The average molecular weight is 449 g/mol. The van der Waals surface area contributed by atoms with E-state index in [1.54, 1.807) is 19.4 Å². The van der Waals surface area contributed by atoms with Gasteiger partial charge in [-0.3, -0.25) is 14.5 Å². The quantitative estimate of drug-likeness (QED) is 0.561. The van der Waals surface area contributed by atoms with Gasteiger partial charge < -0.3 is 19.4 Å². The normalized spacial score (nSPS) is 14.6. The molecule has 0 saturated carbocycles. The topological polar surface area (TPSA) is 87.9 Å². The second-order valence-corrected chi connectivity index (χ2v) is 7.86. The summed E-state index contributed by atoms with van der Waals surface area (Å²) in [5.74, 6) is 1.20. The second-order valence-electron chi connectivity index (χ2n) is 7.45. The highest BCUT2D eigenvalue weighted by Gasteiger charge is 2.22. The van der Waals surface area contributed by atoms with Crippen LogP contribution in [0.3, 0.4) is 0 Å². The summed E-state index contributed by atoms with van der Waals surface area (Å²) in [5.41, 5.74) is 0.785. The minimum Gasteiger partial charge on any atom is -0.441 e. The van der Waals surface area contributed by atoms with Gasteiger partial charge in [0, 0.05) is 64.8 Å². The van der Waals surface area contributed by atoms with Crippen LogP contribution in [0.15, 0.2) is 34.9 Å². The maximum Gasteiger partial charge on any atom is 0.234 e. The van der Waals surface area contributed by atoms with Crippen molar-refractivity contribution in [3.05, 3.63) is 41.4 Å². The molecular weight excluding hydrogens is 420 g/mol. The summed E-state index contributed by atoms with van der Waals surface area (Å²) in [6, 6.07) is 7.42. The Balaban J connectivity index is 1.38. The first-order chi connectivity index (χ1) is 15.1. The molecule has 1 aliphatic heterocycles. The van der Waals surface area contributed by atoms with Gasteiger partial charge in [0.25, 0.3) is 0 Å². The molecule has 2 heterocycles. The van der Waals surface area contributed by atoms with Crippen molar-refractivity contribution in [3.8, 4) is 11.3 Å². The zero-order valence-electron chi connectivity index (χ0n) is 17.8. The number of amides is 2. The lowest BCUT2D eigenvalue weighted by Gasteiger charge is -2.34. The Morgan fingerprint density at radius 1 is 1.23 bits per heavy atom. The molecule has 1 saturated heterocycles. The number of carbonyl (C=O) groups is 2. The van der Waals surface area contributed by atoms with E-state index in [9.17, 15) is 9.59 Å². The van der Waals surface area contributed by atoms with Gasteiger partial charge in [0.05, 0.1) is 17.8 Å². The van der Waals surface area contributed by atoms with Crippen molar-refractivity contribution < 1.29 is 18.7 Å². The number of hydrogen-bond acceptors (Lipinski definition) is 6. The van der Waals surface area contributed by atoms with Gasteiger partial charge in [0.15, 0.2) is 11.7 Å². The first kappa shape index (κ1) is 23.2. The van der Waals surface area contributed by atoms with Crippen LogP contribution in [0.1, 0.15) is 18.7 Å². The van der Waals surface area contributed by atoms with Crippen LogP contribution >= 0.6 is 11.6 Å². The van der Waals surface area contributed by atoms with Gasteiger partial charge in [-0.1, -0.05) is 23.7 Å². The fourth-order valence-electron chi connectivity index (χ4n) is 3.44. The number of oxazole rings is 1. The molecule has 168 valence electrons. The number of nitrogens with zero attached hydrogens (tertiary/aromatic N) is 3. The van der Waals surface area contributed by atoms with E-state index in [4.69, 9.17) is 20.8 Å². The van der Waals surface area contributed by atoms with Gasteiger partial charge in [-0.15, -0.1) is 0 Å². The fraction of sp³-hybridized carbons (Fsp3) is 0.500. The molecule has 0 bridgehead atoms.